The van der Waals surface area contributed by atoms with Gasteiger partial charge in [0.15, 0.2) is 0 Å². The first-order chi connectivity index (χ1) is 12.0. The van der Waals surface area contributed by atoms with Gasteiger partial charge in [-0.2, -0.15) is 0 Å². The van der Waals surface area contributed by atoms with Crippen LogP contribution in [0.4, 0.5) is 0 Å². The highest BCUT2D eigenvalue weighted by Crippen LogP contribution is 2.25. The van der Waals surface area contributed by atoms with Gasteiger partial charge in [0.1, 0.15) is 10.7 Å². The topological polar surface area (TPSA) is 79.8 Å². The lowest BCUT2D eigenvalue weighted by Crippen LogP contribution is -2.28. The maximum absolute atomic E-state index is 12.6. The van der Waals surface area contributed by atoms with E-state index in [4.69, 9.17) is 0 Å². The van der Waals surface area contributed by atoms with Crippen molar-refractivity contribution in [2.24, 2.45) is 0 Å². The molecule has 25 heavy (non-hydrogen) atoms. The van der Waals surface area contributed by atoms with Gasteiger partial charge in [-0.15, -0.1) is 11.3 Å². The second-order valence-corrected chi connectivity index (χ2v) is 7.04. The van der Waals surface area contributed by atoms with Gasteiger partial charge in [0, 0.05) is 10.9 Å². The number of hydrogen-bond acceptors (Lipinski definition) is 4. The van der Waals surface area contributed by atoms with Gasteiger partial charge in [0.2, 0.25) is 0 Å². The molecular weight excluding hydrogens is 336 g/mol. The van der Waals surface area contributed by atoms with Crippen LogP contribution in [-0.4, -0.2) is 20.7 Å². The Morgan fingerprint density at radius 2 is 2.04 bits per heavy atom. The van der Waals surface area contributed by atoms with Gasteiger partial charge < -0.3 is 5.32 Å². The summed E-state index contributed by atoms with van der Waals surface area (Å²) in [6, 6.07) is 10.3. The van der Waals surface area contributed by atoms with Crippen LogP contribution in [0.15, 0.2) is 41.2 Å². The van der Waals surface area contributed by atoms with E-state index >= 15 is 0 Å². The average molecular weight is 356 g/mol. The molecular formula is C18H20N4O2S. The molecule has 0 aliphatic rings. The van der Waals surface area contributed by atoms with Crippen LogP contribution in [0.5, 0.6) is 0 Å². The van der Waals surface area contributed by atoms with E-state index in [0.29, 0.717) is 5.69 Å². The second kappa shape index (κ2) is 7.06. The number of para-hydroxylation sites is 1. The van der Waals surface area contributed by atoms with Crippen molar-refractivity contribution in [3.63, 3.8) is 0 Å². The molecule has 0 saturated heterocycles. The number of H-pyrrole nitrogens is 1. The highest BCUT2D eigenvalue weighted by molar-refractivity contribution is 7.11. The molecule has 1 aromatic carbocycles. The lowest BCUT2D eigenvalue weighted by Gasteiger charge is -2.13. The van der Waals surface area contributed by atoms with Gasteiger partial charge in [0.25, 0.3) is 11.5 Å². The Labute approximate surface area is 149 Å². The second-order valence-electron chi connectivity index (χ2n) is 5.81. The third-order valence-electron chi connectivity index (χ3n) is 4.04. The molecule has 0 saturated carbocycles. The Kier molecular flexibility index (Phi) is 4.85. The van der Waals surface area contributed by atoms with E-state index in [1.807, 2.05) is 39.0 Å². The number of rotatable bonds is 5. The minimum atomic E-state index is -0.316. The Hall–Kier alpha value is -2.67. The molecule has 0 aliphatic heterocycles. The molecule has 130 valence electrons. The first kappa shape index (κ1) is 17.2. The molecule has 0 radical (unpaired) electrons. The summed E-state index contributed by atoms with van der Waals surface area (Å²) in [5, 5.41) is 6.71. The first-order valence-corrected chi connectivity index (χ1v) is 8.93. The molecule has 6 nitrogen and oxygen atoms in total. The largest absolute Gasteiger partial charge is 0.341 e. The fourth-order valence-corrected chi connectivity index (χ4v) is 3.56. The van der Waals surface area contributed by atoms with Gasteiger partial charge in [0.05, 0.1) is 17.4 Å². The van der Waals surface area contributed by atoms with Crippen LogP contribution in [0.25, 0.3) is 5.69 Å². The third kappa shape index (κ3) is 3.56. The molecule has 0 fully saturated rings. The molecule has 2 N–H and O–H groups in total. The fraction of sp³-hybridized carbons (Fsp3) is 0.278. The quantitative estimate of drug-likeness (QED) is 0.737. The number of aromatic nitrogens is 3. The van der Waals surface area contributed by atoms with Crippen LogP contribution in [0.3, 0.4) is 0 Å². The molecule has 0 bridgehead atoms. The Bertz CT molecular complexity index is 920. The summed E-state index contributed by atoms with van der Waals surface area (Å²) in [5.41, 5.74) is 1.63. The van der Waals surface area contributed by atoms with E-state index < -0.39 is 0 Å². The molecule has 3 rings (SSSR count). The summed E-state index contributed by atoms with van der Waals surface area (Å²) < 4.78 is 1.35. The summed E-state index contributed by atoms with van der Waals surface area (Å²) in [6.45, 7) is 5.97. The highest BCUT2D eigenvalue weighted by Gasteiger charge is 2.20. The normalized spacial score (nSPS) is 12.1. The van der Waals surface area contributed by atoms with E-state index in [1.165, 1.54) is 10.7 Å². The lowest BCUT2D eigenvalue weighted by molar-refractivity contribution is 0.0930. The highest BCUT2D eigenvalue weighted by atomic mass is 32.1. The fourth-order valence-electron chi connectivity index (χ4n) is 2.50. The van der Waals surface area contributed by atoms with Crippen molar-refractivity contribution in [1.82, 2.24) is 20.1 Å². The third-order valence-corrected chi connectivity index (χ3v) is 5.22. The molecule has 0 spiro atoms. The lowest BCUT2D eigenvalue weighted by atomic mass is 10.2. The number of aryl methyl sites for hydroxylation is 2. The summed E-state index contributed by atoms with van der Waals surface area (Å²) in [4.78, 5) is 30.4. The Morgan fingerprint density at radius 1 is 1.32 bits per heavy atom. The molecule has 7 heteroatoms. The summed E-state index contributed by atoms with van der Waals surface area (Å²) >= 11 is 1.59. The van der Waals surface area contributed by atoms with Crippen LogP contribution in [0.2, 0.25) is 0 Å². The van der Waals surface area contributed by atoms with Gasteiger partial charge in [-0.05, 0) is 32.4 Å². The van der Waals surface area contributed by atoms with Crippen molar-refractivity contribution in [2.45, 2.75) is 33.2 Å². The molecule has 0 aliphatic carbocycles. The molecule has 2 heterocycles. The zero-order valence-electron chi connectivity index (χ0n) is 14.4. The Balaban J connectivity index is 1.82. The smallest absolute Gasteiger partial charge is 0.271 e. The number of thiazole rings is 1. The molecule has 1 atom stereocenters. The van der Waals surface area contributed by atoms with Crippen molar-refractivity contribution >= 4 is 17.2 Å². The maximum atomic E-state index is 12.6. The van der Waals surface area contributed by atoms with Crippen molar-refractivity contribution in [1.29, 1.82) is 0 Å². The number of carbonyl (C=O) groups is 1. The van der Waals surface area contributed by atoms with Crippen LogP contribution >= 0.6 is 11.3 Å². The molecule has 3 aromatic rings. The van der Waals surface area contributed by atoms with Crippen molar-refractivity contribution in [3.8, 4) is 5.69 Å². The number of benzene rings is 1. The summed E-state index contributed by atoms with van der Waals surface area (Å²) in [7, 11) is 0. The van der Waals surface area contributed by atoms with E-state index in [-0.39, 0.29) is 23.2 Å². The number of nitrogens with one attached hydrogen (secondary N) is 2. The predicted molar refractivity (Wildman–Crippen MR) is 98.5 cm³/mol. The SMILES string of the molecule is CC[C@@H](NC(=O)c1cc(=O)n(-c2ccccc2)[nH]1)c1nc(C)c(C)s1. The van der Waals surface area contributed by atoms with E-state index in [1.54, 1.807) is 23.5 Å². The van der Waals surface area contributed by atoms with Crippen molar-refractivity contribution < 1.29 is 4.79 Å². The van der Waals surface area contributed by atoms with E-state index in [0.717, 1.165) is 22.0 Å². The molecule has 1 amide bonds. The zero-order chi connectivity index (χ0) is 18.0. The molecule has 2 aromatic heterocycles. The maximum Gasteiger partial charge on any atom is 0.271 e. The Morgan fingerprint density at radius 3 is 2.64 bits per heavy atom. The minimum absolute atomic E-state index is 0.173. The van der Waals surface area contributed by atoms with Crippen molar-refractivity contribution in [2.75, 3.05) is 0 Å². The number of hydrogen-bond donors (Lipinski definition) is 2. The number of aromatic amines is 1. The summed E-state index contributed by atoms with van der Waals surface area (Å²) in [5.74, 6) is -0.316. The van der Waals surface area contributed by atoms with Crippen LogP contribution in [0.1, 0.15) is 45.5 Å². The number of nitrogens with zero attached hydrogens (tertiary/aromatic N) is 2. The van der Waals surface area contributed by atoms with E-state index in [2.05, 4.69) is 15.4 Å². The number of amides is 1. The standard InChI is InChI=1S/C18H20N4O2S/c1-4-14(18-19-11(2)12(3)25-18)20-17(24)15-10-16(23)22(21-15)13-8-6-5-7-9-13/h5-10,14,21H,4H2,1-3H3,(H,20,24)/t14-/m1/s1. The predicted octanol–water partition coefficient (Wildman–Crippen LogP) is 3.12. The molecule has 0 unspecified atom stereocenters. The minimum Gasteiger partial charge on any atom is -0.341 e. The van der Waals surface area contributed by atoms with E-state index in [9.17, 15) is 9.59 Å². The number of carbonyl (C=O) groups excluding carboxylic acids is 1. The van der Waals surface area contributed by atoms with Gasteiger partial charge in [-0.25, -0.2) is 9.67 Å². The van der Waals surface area contributed by atoms with Crippen LogP contribution < -0.4 is 10.9 Å². The van der Waals surface area contributed by atoms with Gasteiger partial charge in [-0.3, -0.25) is 14.7 Å². The van der Waals surface area contributed by atoms with Crippen LogP contribution in [-0.2, 0) is 0 Å². The first-order valence-electron chi connectivity index (χ1n) is 8.12. The van der Waals surface area contributed by atoms with Crippen molar-refractivity contribution in [3.05, 3.63) is 68.0 Å². The summed E-state index contributed by atoms with van der Waals surface area (Å²) in [6.07, 6.45) is 0.724. The zero-order valence-corrected chi connectivity index (χ0v) is 15.2. The van der Waals surface area contributed by atoms with Crippen LogP contribution in [0, 0.1) is 13.8 Å². The monoisotopic (exact) mass is 356 g/mol. The van der Waals surface area contributed by atoms with Gasteiger partial charge >= 0.3 is 0 Å². The average Bonchev–Trinajstić information content (AvgIpc) is 3.16. The van der Waals surface area contributed by atoms with Gasteiger partial charge in [-0.1, -0.05) is 25.1 Å².